The van der Waals surface area contributed by atoms with Crippen LogP contribution in [0.5, 0.6) is 0 Å². The van der Waals surface area contributed by atoms with Crippen molar-refractivity contribution >= 4 is 11.3 Å². The predicted molar refractivity (Wildman–Crippen MR) is 68.7 cm³/mol. The van der Waals surface area contributed by atoms with E-state index in [1.807, 2.05) is 17.5 Å². The van der Waals surface area contributed by atoms with Crippen molar-refractivity contribution in [1.82, 2.24) is 10.3 Å². The lowest BCUT2D eigenvalue weighted by atomic mass is 10.1. The SMILES string of the molecule is CCCNC(c1nccs1)c1ccccc1F. The molecule has 0 radical (unpaired) electrons. The monoisotopic (exact) mass is 250 g/mol. The molecule has 2 rings (SSSR count). The fourth-order valence-corrected chi connectivity index (χ4v) is 2.43. The molecule has 2 nitrogen and oxygen atoms in total. The normalized spacial score (nSPS) is 12.6. The van der Waals surface area contributed by atoms with E-state index in [2.05, 4.69) is 17.2 Å². The van der Waals surface area contributed by atoms with Crippen LogP contribution < -0.4 is 5.32 Å². The standard InChI is InChI=1S/C13H15FN2S/c1-2-7-15-12(13-16-8-9-17-13)10-5-3-4-6-11(10)14/h3-6,8-9,12,15H,2,7H2,1H3. The molecule has 0 saturated heterocycles. The zero-order chi connectivity index (χ0) is 12.1. The summed E-state index contributed by atoms with van der Waals surface area (Å²) in [5.74, 6) is -0.184. The van der Waals surface area contributed by atoms with Gasteiger partial charge in [-0.2, -0.15) is 0 Å². The zero-order valence-corrected chi connectivity index (χ0v) is 10.5. The van der Waals surface area contributed by atoms with Crippen LogP contribution in [0.4, 0.5) is 4.39 Å². The Labute approximate surface area is 105 Å². The van der Waals surface area contributed by atoms with E-state index in [1.165, 1.54) is 6.07 Å². The van der Waals surface area contributed by atoms with Crippen LogP contribution in [0.25, 0.3) is 0 Å². The first-order chi connectivity index (χ1) is 8.33. The third kappa shape index (κ3) is 2.90. The average Bonchev–Trinajstić information content (AvgIpc) is 2.85. The van der Waals surface area contributed by atoms with Crippen LogP contribution in [-0.4, -0.2) is 11.5 Å². The van der Waals surface area contributed by atoms with Crippen LogP contribution in [0.1, 0.15) is 30.0 Å². The third-order valence-electron chi connectivity index (χ3n) is 2.51. The first kappa shape index (κ1) is 12.2. The molecule has 0 aliphatic rings. The number of nitrogens with one attached hydrogen (secondary N) is 1. The Kier molecular flexibility index (Phi) is 4.23. The molecule has 0 aliphatic carbocycles. The van der Waals surface area contributed by atoms with E-state index in [1.54, 1.807) is 23.6 Å². The molecule has 17 heavy (non-hydrogen) atoms. The molecule has 0 fully saturated rings. The first-order valence-corrected chi connectivity index (χ1v) is 6.58. The number of halogens is 1. The van der Waals surface area contributed by atoms with Gasteiger partial charge in [-0.3, -0.25) is 0 Å². The Morgan fingerprint density at radius 1 is 1.41 bits per heavy atom. The summed E-state index contributed by atoms with van der Waals surface area (Å²) in [6.45, 7) is 2.94. The largest absolute Gasteiger partial charge is 0.304 e. The molecule has 2 aromatic rings. The van der Waals surface area contributed by atoms with Gasteiger partial charge in [0.2, 0.25) is 0 Å². The van der Waals surface area contributed by atoms with E-state index in [4.69, 9.17) is 0 Å². The molecule has 4 heteroatoms. The van der Waals surface area contributed by atoms with Gasteiger partial charge in [0, 0.05) is 17.1 Å². The van der Waals surface area contributed by atoms with Gasteiger partial charge in [-0.15, -0.1) is 11.3 Å². The van der Waals surface area contributed by atoms with Crippen LogP contribution in [0.2, 0.25) is 0 Å². The van der Waals surface area contributed by atoms with Gasteiger partial charge >= 0.3 is 0 Å². The van der Waals surface area contributed by atoms with Gasteiger partial charge in [0.05, 0.1) is 6.04 Å². The predicted octanol–water partition coefficient (Wildman–Crippen LogP) is 3.37. The van der Waals surface area contributed by atoms with Gasteiger partial charge in [0.1, 0.15) is 10.8 Å². The van der Waals surface area contributed by atoms with Crippen LogP contribution >= 0.6 is 11.3 Å². The molecule has 90 valence electrons. The van der Waals surface area contributed by atoms with Crippen molar-refractivity contribution in [3.05, 3.63) is 52.2 Å². The topological polar surface area (TPSA) is 24.9 Å². The molecule has 1 N–H and O–H groups in total. The molecular formula is C13H15FN2S. The molecule has 0 saturated carbocycles. The highest BCUT2D eigenvalue weighted by Gasteiger charge is 2.18. The molecule has 0 spiro atoms. The van der Waals surface area contributed by atoms with E-state index in [-0.39, 0.29) is 11.9 Å². The van der Waals surface area contributed by atoms with E-state index < -0.39 is 0 Å². The zero-order valence-electron chi connectivity index (χ0n) is 9.69. The summed E-state index contributed by atoms with van der Waals surface area (Å²) in [6, 6.07) is 6.72. The highest BCUT2D eigenvalue weighted by molar-refractivity contribution is 7.09. The van der Waals surface area contributed by atoms with Crippen LogP contribution in [0.3, 0.4) is 0 Å². The summed E-state index contributed by atoms with van der Waals surface area (Å²) >= 11 is 1.54. The summed E-state index contributed by atoms with van der Waals surface area (Å²) in [5.41, 5.74) is 0.663. The van der Waals surface area contributed by atoms with Gasteiger partial charge in [0.15, 0.2) is 0 Å². The minimum absolute atomic E-state index is 0.142. The van der Waals surface area contributed by atoms with Gasteiger partial charge in [-0.1, -0.05) is 25.1 Å². The smallest absolute Gasteiger partial charge is 0.128 e. The van der Waals surface area contributed by atoms with Gasteiger partial charge in [-0.25, -0.2) is 9.37 Å². The summed E-state index contributed by atoms with van der Waals surface area (Å²) in [4.78, 5) is 4.28. The van der Waals surface area contributed by atoms with Gasteiger partial charge in [0.25, 0.3) is 0 Å². The molecule has 1 atom stereocenters. The number of rotatable bonds is 5. The molecular weight excluding hydrogens is 235 g/mol. The Hall–Kier alpha value is -1.26. The highest BCUT2D eigenvalue weighted by Crippen LogP contribution is 2.25. The Morgan fingerprint density at radius 2 is 2.24 bits per heavy atom. The third-order valence-corrected chi connectivity index (χ3v) is 3.35. The second-order valence-corrected chi connectivity index (χ2v) is 4.71. The van der Waals surface area contributed by atoms with Gasteiger partial charge in [-0.05, 0) is 19.0 Å². The second-order valence-electron chi connectivity index (χ2n) is 3.78. The van der Waals surface area contributed by atoms with E-state index in [0.717, 1.165) is 18.0 Å². The van der Waals surface area contributed by atoms with Crippen molar-refractivity contribution in [2.45, 2.75) is 19.4 Å². The Morgan fingerprint density at radius 3 is 2.88 bits per heavy atom. The van der Waals surface area contributed by atoms with Crippen LogP contribution in [0.15, 0.2) is 35.8 Å². The minimum atomic E-state index is -0.184. The Balaban J connectivity index is 2.30. The number of hydrogen-bond acceptors (Lipinski definition) is 3. The van der Waals surface area contributed by atoms with Crippen molar-refractivity contribution in [2.24, 2.45) is 0 Å². The number of hydrogen-bond donors (Lipinski definition) is 1. The van der Waals surface area contributed by atoms with E-state index >= 15 is 0 Å². The summed E-state index contributed by atoms with van der Waals surface area (Å²) in [7, 11) is 0. The van der Waals surface area contributed by atoms with E-state index in [9.17, 15) is 4.39 Å². The molecule has 1 aromatic carbocycles. The summed E-state index contributed by atoms with van der Waals surface area (Å²) < 4.78 is 13.8. The van der Waals surface area contributed by atoms with Crippen molar-refractivity contribution in [2.75, 3.05) is 6.54 Å². The molecule has 0 bridgehead atoms. The fraction of sp³-hybridized carbons (Fsp3) is 0.308. The Bertz CT molecular complexity index is 456. The van der Waals surface area contributed by atoms with E-state index in [0.29, 0.717) is 5.56 Å². The van der Waals surface area contributed by atoms with Crippen LogP contribution in [0, 0.1) is 5.82 Å². The number of thiazole rings is 1. The average molecular weight is 250 g/mol. The maximum Gasteiger partial charge on any atom is 0.128 e. The highest BCUT2D eigenvalue weighted by atomic mass is 32.1. The fourth-order valence-electron chi connectivity index (χ4n) is 1.71. The molecule has 1 aromatic heterocycles. The second kappa shape index (κ2) is 5.89. The molecule has 0 amide bonds. The quantitative estimate of drug-likeness (QED) is 0.880. The van der Waals surface area contributed by atoms with Crippen LogP contribution in [-0.2, 0) is 0 Å². The molecule has 0 aliphatic heterocycles. The number of nitrogens with zero attached hydrogens (tertiary/aromatic N) is 1. The van der Waals surface area contributed by atoms with Crippen molar-refractivity contribution < 1.29 is 4.39 Å². The lowest BCUT2D eigenvalue weighted by molar-refractivity contribution is 0.545. The van der Waals surface area contributed by atoms with Crippen molar-refractivity contribution in [1.29, 1.82) is 0 Å². The first-order valence-electron chi connectivity index (χ1n) is 5.70. The van der Waals surface area contributed by atoms with Crippen molar-refractivity contribution in [3.63, 3.8) is 0 Å². The molecule has 1 heterocycles. The van der Waals surface area contributed by atoms with Crippen molar-refractivity contribution in [3.8, 4) is 0 Å². The van der Waals surface area contributed by atoms with Gasteiger partial charge < -0.3 is 5.32 Å². The molecule has 1 unspecified atom stereocenters. The maximum absolute atomic E-state index is 13.8. The number of benzene rings is 1. The maximum atomic E-state index is 13.8. The number of aromatic nitrogens is 1. The summed E-state index contributed by atoms with van der Waals surface area (Å²) in [5, 5.41) is 6.16. The lowest BCUT2D eigenvalue weighted by Crippen LogP contribution is -2.23. The minimum Gasteiger partial charge on any atom is -0.304 e. The lowest BCUT2D eigenvalue weighted by Gasteiger charge is -2.17. The summed E-state index contributed by atoms with van der Waals surface area (Å²) in [6.07, 6.45) is 2.76.